The Morgan fingerprint density at radius 1 is 1.19 bits per heavy atom. The van der Waals surface area contributed by atoms with Crippen LogP contribution in [0.25, 0.3) is 10.9 Å². The van der Waals surface area contributed by atoms with Crippen LogP contribution in [0.1, 0.15) is 11.7 Å². The van der Waals surface area contributed by atoms with Crippen molar-refractivity contribution in [1.82, 2.24) is 4.57 Å². The third-order valence-electron chi connectivity index (χ3n) is 2.19. The molecule has 0 aliphatic rings. The molecule has 0 aliphatic heterocycles. The number of rotatable bonds is 0. The van der Waals surface area contributed by atoms with Crippen LogP contribution in [0.15, 0.2) is 30.2 Å². The zero-order valence-corrected chi connectivity index (χ0v) is 14.4. The zero-order chi connectivity index (χ0) is 12.0. The minimum atomic E-state index is -0.0347. The molecule has 2 aromatic rings. The predicted molar refractivity (Wildman–Crippen MR) is 79.0 cm³/mol. The molecule has 2 rings (SSSR count). The molecule has 2 nitrogen and oxygen atoms in total. The summed E-state index contributed by atoms with van der Waals surface area (Å²) < 4.78 is 5.08. The van der Waals surface area contributed by atoms with E-state index < -0.39 is 0 Å². The highest BCUT2D eigenvalue weighted by Gasteiger charge is 2.18. The van der Waals surface area contributed by atoms with Crippen LogP contribution in [-0.4, -0.2) is 10.5 Å². The average Bonchev–Trinajstić information content (AvgIpc) is 2.38. The van der Waals surface area contributed by atoms with Crippen LogP contribution >= 0.6 is 63.7 Å². The van der Waals surface area contributed by atoms with Gasteiger partial charge in [0.15, 0.2) is 0 Å². The summed E-state index contributed by atoms with van der Waals surface area (Å²) in [5.74, 6) is -0.0347. The summed E-state index contributed by atoms with van der Waals surface area (Å²) in [5, 5.41) is 0.977. The van der Waals surface area contributed by atoms with Crippen molar-refractivity contribution in [2.24, 2.45) is 0 Å². The maximum Gasteiger partial charge on any atom is 0.228 e. The van der Waals surface area contributed by atoms with E-state index in [4.69, 9.17) is 0 Å². The number of hydrogen-bond donors (Lipinski definition) is 0. The molecule has 0 spiro atoms. The van der Waals surface area contributed by atoms with Crippen LogP contribution in [-0.2, 0) is 0 Å². The molecule has 0 fully saturated rings. The molecule has 6 heteroatoms. The second-order valence-electron chi connectivity index (χ2n) is 3.24. The smallest absolute Gasteiger partial charge is 0.228 e. The second-order valence-corrected chi connectivity index (χ2v) is 6.56. The van der Waals surface area contributed by atoms with Gasteiger partial charge in [0.05, 0.1) is 9.99 Å². The van der Waals surface area contributed by atoms with Crippen molar-refractivity contribution in [3.63, 3.8) is 0 Å². The second kappa shape index (κ2) is 4.55. The molecule has 0 saturated carbocycles. The van der Waals surface area contributed by atoms with E-state index in [0.29, 0.717) is 0 Å². The van der Waals surface area contributed by atoms with E-state index in [1.165, 1.54) is 6.92 Å². The van der Waals surface area contributed by atoms with Crippen LogP contribution in [0.4, 0.5) is 0 Å². The van der Waals surface area contributed by atoms with Gasteiger partial charge < -0.3 is 0 Å². The number of nitrogens with zero attached hydrogens (tertiary/aromatic N) is 1. The van der Waals surface area contributed by atoms with Crippen molar-refractivity contribution in [2.45, 2.75) is 6.92 Å². The SMILES string of the molecule is CC(=O)n1c(Br)c(Br)c2c(Br)cc(Br)cc21. The molecule has 84 valence electrons. The number of carbonyl (C=O) groups excluding carboxylic acids is 1. The lowest BCUT2D eigenvalue weighted by atomic mass is 10.2. The van der Waals surface area contributed by atoms with Crippen LogP contribution in [0.3, 0.4) is 0 Å². The molecule has 1 aromatic heterocycles. The van der Waals surface area contributed by atoms with Gasteiger partial charge in [-0.05, 0) is 44.0 Å². The minimum Gasteiger partial charge on any atom is -0.274 e. The zero-order valence-electron chi connectivity index (χ0n) is 8.02. The maximum atomic E-state index is 11.6. The lowest BCUT2D eigenvalue weighted by molar-refractivity contribution is 0.0939. The summed E-state index contributed by atoms with van der Waals surface area (Å²) in [6.45, 7) is 1.53. The number of aromatic nitrogens is 1. The highest BCUT2D eigenvalue weighted by molar-refractivity contribution is 9.13. The Hall–Kier alpha value is 0.350. The monoisotopic (exact) mass is 471 g/mol. The molecule has 1 aromatic carbocycles. The van der Waals surface area contributed by atoms with E-state index in [1.54, 1.807) is 4.57 Å². The fourth-order valence-corrected chi connectivity index (χ4v) is 4.47. The van der Waals surface area contributed by atoms with Gasteiger partial charge in [-0.2, -0.15) is 0 Å². The van der Waals surface area contributed by atoms with Crippen molar-refractivity contribution < 1.29 is 4.79 Å². The molecule has 0 amide bonds. The van der Waals surface area contributed by atoms with Gasteiger partial charge in [-0.3, -0.25) is 9.36 Å². The van der Waals surface area contributed by atoms with Crippen LogP contribution in [0.2, 0.25) is 0 Å². The fraction of sp³-hybridized carbons (Fsp3) is 0.100. The molecular weight excluding hydrogens is 470 g/mol. The summed E-state index contributed by atoms with van der Waals surface area (Å²) in [7, 11) is 0. The van der Waals surface area contributed by atoms with E-state index in [0.717, 1.165) is 28.9 Å². The van der Waals surface area contributed by atoms with Crippen molar-refractivity contribution in [2.75, 3.05) is 0 Å². The van der Waals surface area contributed by atoms with Crippen LogP contribution in [0, 0.1) is 0 Å². The third-order valence-corrected chi connectivity index (χ3v) is 5.33. The largest absolute Gasteiger partial charge is 0.274 e. The summed E-state index contributed by atoms with van der Waals surface area (Å²) >= 11 is 13.8. The summed E-state index contributed by atoms with van der Waals surface area (Å²) in [4.78, 5) is 11.6. The van der Waals surface area contributed by atoms with Gasteiger partial charge in [-0.15, -0.1) is 0 Å². The Kier molecular flexibility index (Phi) is 3.64. The minimum absolute atomic E-state index is 0.0347. The van der Waals surface area contributed by atoms with Gasteiger partial charge in [-0.1, -0.05) is 31.9 Å². The average molecular weight is 475 g/mol. The summed E-state index contributed by atoms with van der Waals surface area (Å²) in [6, 6.07) is 3.86. The molecule has 16 heavy (non-hydrogen) atoms. The van der Waals surface area contributed by atoms with E-state index in [9.17, 15) is 4.79 Å². The molecule has 0 atom stereocenters. The van der Waals surface area contributed by atoms with Gasteiger partial charge in [0.2, 0.25) is 5.91 Å². The Labute approximate surface area is 126 Å². The molecule has 0 saturated heterocycles. The Bertz CT molecular complexity index is 603. The van der Waals surface area contributed by atoms with Crippen molar-refractivity contribution >= 4 is 80.5 Å². The van der Waals surface area contributed by atoms with E-state index in [-0.39, 0.29) is 5.91 Å². The standard InChI is InChI=1S/C10H5Br4NO/c1-4(16)15-7-3-5(11)2-6(12)8(7)9(13)10(15)14/h2-3H,1H3. The quantitative estimate of drug-likeness (QED) is 0.504. The van der Waals surface area contributed by atoms with E-state index in [2.05, 4.69) is 63.7 Å². The van der Waals surface area contributed by atoms with Crippen LogP contribution < -0.4 is 0 Å². The Morgan fingerprint density at radius 2 is 1.81 bits per heavy atom. The third kappa shape index (κ3) is 1.94. The molecule has 0 radical (unpaired) electrons. The Balaban J connectivity index is 3.02. The van der Waals surface area contributed by atoms with E-state index >= 15 is 0 Å². The molecule has 1 heterocycles. The first kappa shape index (κ1) is 12.8. The van der Waals surface area contributed by atoms with Crippen LogP contribution in [0.5, 0.6) is 0 Å². The number of halogens is 4. The van der Waals surface area contributed by atoms with Gasteiger partial charge in [0, 0.05) is 21.3 Å². The first-order valence-electron chi connectivity index (χ1n) is 4.29. The normalized spacial score (nSPS) is 11.1. The lowest BCUT2D eigenvalue weighted by Gasteiger charge is -2.02. The van der Waals surface area contributed by atoms with Crippen molar-refractivity contribution in [1.29, 1.82) is 0 Å². The molecular formula is C10H5Br4NO. The summed E-state index contributed by atoms with van der Waals surface area (Å²) in [5.41, 5.74) is 0.854. The lowest BCUT2D eigenvalue weighted by Crippen LogP contribution is -2.05. The number of carbonyl (C=O) groups is 1. The van der Waals surface area contributed by atoms with Crippen molar-refractivity contribution in [3.8, 4) is 0 Å². The molecule has 0 unspecified atom stereocenters. The first-order valence-corrected chi connectivity index (χ1v) is 7.46. The van der Waals surface area contributed by atoms with Gasteiger partial charge >= 0.3 is 0 Å². The number of benzene rings is 1. The Morgan fingerprint density at radius 3 is 2.38 bits per heavy atom. The highest BCUT2D eigenvalue weighted by Crippen LogP contribution is 2.40. The topological polar surface area (TPSA) is 22.0 Å². The molecule has 0 bridgehead atoms. The van der Waals surface area contributed by atoms with E-state index in [1.807, 2.05) is 12.1 Å². The highest BCUT2D eigenvalue weighted by atomic mass is 79.9. The molecule has 0 N–H and O–H groups in total. The number of hydrogen-bond acceptors (Lipinski definition) is 1. The van der Waals surface area contributed by atoms with Gasteiger partial charge in [-0.25, -0.2) is 0 Å². The predicted octanol–water partition coefficient (Wildman–Crippen LogP) is 5.35. The summed E-state index contributed by atoms with van der Waals surface area (Å²) in [6.07, 6.45) is 0. The fourth-order valence-electron chi connectivity index (χ4n) is 1.57. The number of fused-ring (bicyclic) bond motifs is 1. The van der Waals surface area contributed by atoms with Gasteiger partial charge in [0.25, 0.3) is 0 Å². The maximum absolute atomic E-state index is 11.6. The molecule has 0 aliphatic carbocycles. The van der Waals surface area contributed by atoms with Gasteiger partial charge in [0.1, 0.15) is 4.60 Å². The van der Waals surface area contributed by atoms with Crippen molar-refractivity contribution in [3.05, 3.63) is 30.2 Å². The first-order chi connectivity index (χ1) is 7.43.